The van der Waals surface area contributed by atoms with Gasteiger partial charge in [0.15, 0.2) is 0 Å². The number of amides is 1. The SMILES string of the molecule is Cn1cccc1C(=O)N1CCC(n2cc(COc3cnccn3)nn2)C1. The molecule has 1 unspecified atom stereocenters. The average molecular weight is 353 g/mol. The zero-order valence-corrected chi connectivity index (χ0v) is 14.4. The van der Waals surface area contributed by atoms with Crippen LogP contribution in [-0.4, -0.2) is 53.4 Å². The minimum atomic E-state index is 0.0475. The second-order valence-electron chi connectivity index (χ2n) is 6.22. The molecule has 3 aromatic heterocycles. The first-order valence-corrected chi connectivity index (χ1v) is 8.41. The molecule has 0 spiro atoms. The first kappa shape index (κ1) is 16.2. The molecule has 0 saturated carbocycles. The fourth-order valence-corrected chi connectivity index (χ4v) is 3.05. The highest BCUT2D eigenvalue weighted by molar-refractivity contribution is 5.92. The van der Waals surface area contributed by atoms with Crippen LogP contribution >= 0.6 is 0 Å². The Morgan fingerprint density at radius 2 is 2.31 bits per heavy atom. The standard InChI is InChI=1S/C17H19N7O2/c1-22-7-2-3-15(22)17(25)23-8-4-14(11-23)24-10-13(20-21-24)12-26-16-9-18-5-6-19-16/h2-3,5-7,9-10,14H,4,8,11-12H2,1H3. The summed E-state index contributed by atoms with van der Waals surface area (Å²) >= 11 is 0. The van der Waals surface area contributed by atoms with Crippen LogP contribution in [0.3, 0.4) is 0 Å². The molecule has 26 heavy (non-hydrogen) atoms. The van der Waals surface area contributed by atoms with E-state index in [9.17, 15) is 4.79 Å². The largest absolute Gasteiger partial charge is 0.470 e. The Balaban J connectivity index is 1.36. The minimum Gasteiger partial charge on any atom is -0.470 e. The van der Waals surface area contributed by atoms with Gasteiger partial charge in [-0.2, -0.15) is 0 Å². The van der Waals surface area contributed by atoms with Gasteiger partial charge < -0.3 is 14.2 Å². The molecule has 1 fully saturated rings. The van der Waals surface area contributed by atoms with Crippen LogP contribution in [-0.2, 0) is 13.7 Å². The fourth-order valence-electron chi connectivity index (χ4n) is 3.05. The quantitative estimate of drug-likeness (QED) is 0.681. The van der Waals surface area contributed by atoms with E-state index in [1.807, 2.05) is 45.7 Å². The number of hydrogen-bond donors (Lipinski definition) is 0. The number of nitrogens with zero attached hydrogens (tertiary/aromatic N) is 7. The molecule has 1 atom stereocenters. The van der Waals surface area contributed by atoms with Crippen LogP contribution in [0.2, 0.25) is 0 Å². The normalized spacial score (nSPS) is 16.8. The van der Waals surface area contributed by atoms with Gasteiger partial charge in [0.25, 0.3) is 5.91 Å². The molecule has 3 aromatic rings. The van der Waals surface area contributed by atoms with Gasteiger partial charge in [-0.1, -0.05) is 5.21 Å². The van der Waals surface area contributed by atoms with E-state index in [0.717, 1.165) is 6.42 Å². The lowest BCUT2D eigenvalue weighted by atomic mass is 10.3. The van der Waals surface area contributed by atoms with Crippen molar-refractivity contribution in [2.45, 2.75) is 19.1 Å². The first-order chi connectivity index (χ1) is 12.7. The van der Waals surface area contributed by atoms with Crippen LogP contribution in [0.15, 0.2) is 43.1 Å². The Bertz CT molecular complexity index is 889. The van der Waals surface area contributed by atoms with Crippen molar-refractivity contribution in [3.63, 3.8) is 0 Å². The highest BCUT2D eigenvalue weighted by atomic mass is 16.5. The molecule has 134 valence electrons. The van der Waals surface area contributed by atoms with E-state index in [-0.39, 0.29) is 18.6 Å². The second kappa shape index (κ2) is 6.95. The molecule has 1 saturated heterocycles. The van der Waals surface area contributed by atoms with Gasteiger partial charge in [-0.15, -0.1) is 5.10 Å². The van der Waals surface area contributed by atoms with Gasteiger partial charge in [0, 0.05) is 38.7 Å². The lowest BCUT2D eigenvalue weighted by molar-refractivity contribution is 0.0777. The summed E-state index contributed by atoms with van der Waals surface area (Å²) in [6.45, 7) is 1.61. The number of carbonyl (C=O) groups is 1. The third kappa shape index (κ3) is 3.28. The number of aromatic nitrogens is 6. The average Bonchev–Trinajstić information content (AvgIpc) is 3.40. The van der Waals surface area contributed by atoms with E-state index in [4.69, 9.17) is 4.74 Å². The van der Waals surface area contributed by atoms with Crippen LogP contribution < -0.4 is 4.74 Å². The third-order valence-corrected chi connectivity index (χ3v) is 4.45. The number of hydrogen-bond acceptors (Lipinski definition) is 6. The summed E-state index contributed by atoms with van der Waals surface area (Å²) in [6, 6.07) is 3.84. The molecule has 1 aliphatic rings. The Kier molecular flexibility index (Phi) is 4.34. The van der Waals surface area contributed by atoms with Crippen molar-refractivity contribution in [3.8, 4) is 5.88 Å². The van der Waals surface area contributed by atoms with Gasteiger partial charge in [0.05, 0.1) is 18.4 Å². The Morgan fingerprint density at radius 1 is 1.38 bits per heavy atom. The summed E-state index contributed by atoms with van der Waals surface area (Å²) in [6.07, 6.45) is 9.30. The maximum Gasteiger partial charge on any atom is 0.270 e. The van der Waals surface area contributed by atoms with Crippen molar-refractivity contribution in [1.29, 1.82) is 0 Å². The second-order valence-corrected chi connectivity index (χ2v) is 6.22. The van der Waals surface area contributed by atoms with Gasteiger partial charge in [0.1, 0.15) is 18.0 Å². The summed E-state index contributed by atoms with van der Waals surface area (Å²) in [7, 11) is 1.88. The molecule has 4 heterocycles. The van der Waals surface area contributed by atoms with Crippen LogP contribution in [0, 0.1) is 0 Å². The summed E-state index contributed by atoms with van der Waals surface area (Å²) in [4.78, 5) is 22.5. The smallest absolute Gasteiger partial charge is 0.270 e. The van der Waals surface area contributed by atoms with Gasteiger partial charge in [0.2, 0.25) is 5.88 Å². The van der Waals surface area contributed by atoms with Crippen LogP contribution in [0.25, 0.3) is 0 Å². The zero-order valence-electron chi connectivity index (χ0n) is 14.4. The first-order valence-electron chi connectivity index (χ1n) is 8.41. The maximum absolute atomic E-state index is 12.6. The van der Waals surface area contributed by atoms with E-state index < -0.39 is 0 Å². The van der Waals surface area contributed by atoms with E-state index in [0.29, 0.717) is 30.4 Å². The van der Waals surface area contributed by atoms with E-state index >= 15 is 0 Å². The molecule has 0 aliphatic carbocycles. The highest BCUT2D eigenvalue weighted by Crippen LogP contribution is 2.22. The number of rotatable bonds is 5. The van der Waals surface area contributed by atoms with Crippen molar-refractivity contribution in [2.24, 2.45) is 7.05 Å². The predicted octanol–water partition coefficient (Wildman–Crippen LogP) is 1.07. The molecular weight excluding hydrogens is 334 g/mol. The molecule has 1 amide bonds. The lowest BCUT2D eigenvalue weighted by Crippen LogP contribution is -2.30. The van der Waals surface area contributed by atoms with Crippen molar-refractivity contribution in [3.05, 3.63) is 54.5 Å². The van der Waals surface area contributed by atoms with E-state index in [2.05, 4.69) is 20.3 Å². The summed E-state index contributed by atoms with van der Waals surface area (Å²) < 4.78 is 9.19. The Hall–Kier alpha value is -3.23. The topological polar surface area (TPSA) is 91.0 Å². The molecule has 9 nitrogen and oxygen atoms in total. The van der Waals surface area contributed by atoms with Gasteiger partial charge in [-0.05, 0) is 18.6 Å². The summed E-state index contributed by atoms with van der Waals surface area (Å²) in [5, 5.41) is 8.33. The Labute approximate surface area is 150 Å². The molecule has 0 aromatic carbocycles. The monoisotopic (exact) mass is 353 g/mol. The van der Waals surface area contributed by atoms with E-state index in [1.165, 1.54) is 0 Å². The van der Waals surface area contributed by atoms with Crippen molar-refractivity contribution in [2.75, 3.05) is 13.1 Å². The number of carbonyl (C=O) groups excluding carboxylic acids is 1. The highest BCUT2D eigenvalue weighted by Gasteiger charge is 2.29. The van der Waals surface area contributed by atoms with Crippen molar-refractivity contribution < 1.29 is 9.53 Å². The Morgan fingerprint density at radius 3 is 3.08 bits per heavy atom. The van der Waals surface area contributed by atoms with Gasteiger partial charge >= 0.3 is 0 Å². The summed E-state index contributed by atoms with van der Waals surface area (Å²) in [5.74, 6) is 0.494. The van der Waals surface area contributed by atoms with Gasteiger partial charge in [-0.25, -0.2) is 9.67 Å². The predicted molar refractivity (Wildman–Crippen MR) is 91.4 cm³/mol. The zero-order chi connectivity index (χ0) is 17.9. The molecular formula is C17H19N7O2. The molecule has 0 N–H and O–H groups in total. The van der Waals surface area contributed by atoms with Crippen LogP contribution in [0.5, 0.6) is 5.88 Å². The third-order valence-electron chi connectivity index (χ3n) is 4.45. The van der Waals surface area contributed by atoms with Crippen LogP contribution in [0.1, 0.15) is 28.6 Å². The van der Waals surface area contributed by atoms with E-state index in [1.54, 1.807) is 18.6 Å². The molecule has 1 aliphatic heterocycles. The molecule has 0 radical (unpaired) electrons. The maximum atomic E-state index is 12.6. The number of aryl methyl sites for hydroxylation is 1. The fraction of sp³-hybridized carbons (Fsp3) is 0.353. The molecule has 0 bridgehead atoms. The van der Waals surface area contributed by atoms with Crippen molar-refractivity contribution in [1.82, 2.24) is 34.4 Å². The minimum absolute atomic E-state index is 0.0475. The molecule has 4 rings (SSSR count). The number of likely N-dealkylation sites (tertiary alicyclic amines) is 1. The number of ether oxygens (including phenoxy) is 1. The van der Waals surface area contributed by atoms with Crippen LogP contribution in [0.4, 0.5) is 0 Å². The van der Waals surface area contributed by atoms with Crippen molar-refractivity contribution >= 4 is 5.91 Å². The lowest BCUT2D eigenvalue weighted by Gasteiger charge is -2.16. The molecule has 9 heteroatoms. The summed E-state index contributed by atoms with van der Waals surface area (Å²) in [5.41, 5.74) is 1.41. The van der Waals surface area contributed by atoms with Gasteiger partial charge in [-0.3, -0.25) is 9.78 Å².